The summed E-state index contributed by atoms with van der Waals surface area (Å²) in [4.78, 5) is 23.0. The average molecular weight is 345 g/mol. The molecule has 6 nitrogen and oxygen atoms in total. The highest BCUT2D eigenvalue weighted by Crippen LogP contribution is 2.13. The molecule has 26 heavy (non-hydrogen) atoms. The van der Waals surface area contributed by atoms with Crippen LogP contribution < -0.4 is 0 Å². The topological polar surface area (TPSA) is 74.8 Å². The van der Waals surface area contributed by atoms with Gasteiger partial charge >= 0.3 is 0 Å². The molecule has 0 unspecified atom stereocenters. The van der Waals surface area contributed by atoms with Gasteiger partial charge in [0.05, 0.1) is 17.2 Å². The highest BCUT2D eigenvalue weighted by molar-refractivity contribution is 5.94. The predicted octanol–water partition coefficient (Wildman–Crippen LogP) is 3.19. The van der Waals surface area contributed by atoms with Gasteiger partial charge in [-0.15, -0.1) is 0 Å². The van der Waals surface area contributed by atoms with Crippen molar-refractivity contribution in [1.29, 1.82) is 5.26 Å². The summed E-state index contributed by atoms with van der Waals surface area (Å²) in [6, 6.07) is 13.0. The summed E-state index contributed by atoms with van der Waals surface area (Å²) < 4.78 is 1.79. The predicted molar refractivity (Wildman–Crippen MR) is 97.5 cm³/mol. The molecule has 2 aromatic heterocycles. The SMILES string of the molecule is CCCN(Cc1ccc(C#N)cc1)C(=O)c1ccc(-n2ccnc2)nc1. The molecule has 0 aliphatic carbocycles. The summed E-state index contributed by atoms with van der Waals surface area (Å²) in [5.41, 5.74) is 2.16. The molecule has 0 bridgehead atoms. The lowest BCUT2D eigenvalue weighted by Gasteiger charge is -2.22. The molecule has 2 heterocycles. The lowest BCUT2D eigenvalue weighted by atomic mass is 10.1. The maximum absolute atomic E-state index is 12.9. The van der Waals surface area contributed by atoms with Crippen molar-refractivity contribution in [3.05, 3.63) is 78.0 Å². The quantitative estimate of drug-likeness (QED) is 0.687. The zero-order chi connectivity index (χ0) is 18.4. The van der Waals surface area contributed by atoms with Gasteiger partial charge in [0.25, 0.3) is 5.91 Å². The zero-order valence-electron chi connectivity index (χ0n) is 14.5. The maximum Gasteiger partial charge on any atom is 0.255 e. The molecule has 0 fully saturated rings. The van der Waals surface area contributed by atoms with Crippen molar-refractivity contribution in [2.45, 2.75) is 19.9 Å². The smallest absolute Gasteiger partial charge is 0.255 e. The second-order valence-electron chi connectivity index (χ2n) is 5.91. The van der Waals surface area contributed by atoms with Crippen molar-refractivity contribution in [2.24, 2.45) is 0 Å². The van der Waals surface area contributed by atoms with Crippen molar-refractivity contribution < 1.29 is 4.79 Å². The number of pyridine rings is 1. The molecule has 0 aliphatic heterocycles. The van der Waals surface area contributed by atoms with E-state index in [-0.39, 0.29) is 5.91 Å². The number of aromatic nitrogens is 3. The third-order valence-corrected chi connectivity index (χ3v) is 4.00. The fraction of sp³-hybridized carbons (Fsp3) is 0.200. The van der Waals surface area contributed by atoms with E-state index in [0.29, 0.717) is 30.0 Å². The number of hydrogen-bond acceptors (Lipinski definition) is 4. The van der Waals surface area contributed by atoms with Crippen LogP contribution in [0.2, 0.25) is 0 Å². The van der Waals surface area contributed by atoms with Crippen LogP contribution in [-0.4, -0.2) is 31.9 Å². The monoisotopic (exact) mass is 345 g/mol. The Morgan fingerprint density at radius 2 is 2.04 bits per heavy atom. The van der Waals surface area contributed by atoms with Crippen LogP contribution in [0.5, 0.6) is 0 Å². The summed E-state index contributed by atoms with van der Waals surface area (Å²) >= 11 is 0. The van der Waals surface area contributed by atoms with Gasteiger partial charge in [0.15, 0.2) is 0 Å². The molecule has 3 rings (SSSR count). The molecule has 0 atom stereocenters. The zero-order valence-corrected chi connectivity index (χ0v) is 14.5. The molecule has 0 spiro atoms. The summed E-state index contributed by atoms with van der Waals surface area (Å²) in [6.45, 7) is 3.20. The number of nitriles is 1. The lowest BCUT2D eigenvalue weighted by molar-refractivity contribution is 0.0743. The van der Waals surface area contributed by atoms with Gasteiger partial charge in [-0.2, -0.15) is 5.26 Å². The Hall–Kier alpha value is -3.46. The summed E-state index contributed by atoms with van der Waals surface area (Å²) in [5.74, 6) is 0.661. The van der Waals surface area contributed by atoms with Crippen LogP contribution in [0.25, 0.3) is 5.82 Å². The van der Waals surface area contributed by atoms with Crippen LogP contribution >= 0.6 is 0 Å². The molecular weight excluding hydrogens is 326 g/mol. The molecular formula is C20H19N5O. The van der Waals surface area contributed by atoms with E-state index in [1.165, 1.54) is 0 Å². The molecule has 6 heteroatoms. The minimum absolute atomic E-state index is 0.0547. The first-order valence-electron chi connectivity index (χ1n) is 8.44. The molecule has 0 aliphatic rings. The summed E-state index contributed by atoms with van der Waals surface area (Å²) in [7, 11) is 0. The number of amides is 1. The van der Waals surface area contributed by atoms with Crippen LogP contribution in [0.15, 0.2) is 61.3 Å². The number of imidazole rings is 1. The van der Waals surface area contributed by atoms with E-state index in [1.54, 1.807) is 58.7 Å². The third-order valence-electron chi connectivity index (χ3n) is 4.00. The normalized spacial score (nSPS) is 10.3. The van der Waals surface area contributed by atoms with Crippen molar-refractivity contribution in [3.8, 4) is 11.9 Å². The number of benzene rings is 1. The first-order chi connectivity index (χ1) is 12.7. The summed E-state index contributed by atoms with van der Waals surface area (Å²) in [6.07, 6.45) is 7.61. The van der Waals surface area contributed by atoms with Crippen LogP contribution in [0.4, 0.5) is 0 Å². The van der Waals surface area contributed by atoms with Crippen molar-refractivity contribution in [3.63, 3.8) is 0 Å². The highest BCUT2D eigenvalue weighted by Gasteiger charge is 2.16. The Morgan fingerprint density at radius 3 is 2.62 bits per heavy atom. The van der Waals surface area contributed by atoms with Crippen molar-refractivity contribution in [1.82, 2.24) is 19.4 Å². The Bertz CT molecular complexity index is 893. The Labute approximate surface area is 152 Å². The Balaban J connectivity index is 1.76. The second-order valence-corrected chi connectivity index (χ2v) is 5.91. The standard InChI is InChI=1S/C20H19N5O/c1-2-10-24(14-17-5-3-16(12-21)4-6-17)20(26)18-7-8-19(23-13-18)25-11-9-22-15-25/h3-9,11,13,15H,2,10,14H2,1H3. The van der Waals surface area contributed by atoms with Gasteiger partial charge in [0, 0.05) is 31.7 Å². The van der Waals surface area contributed by atoms with Gasteiger partial charge < -0.3 is 4.90 Å². The van der Waals surface area contributed by atoms with Crippen LogP contribution in [0, 0.1) is 11.3 Å². The minimum Gasteiger partial charge on any atom is -0.334 e. The third kappa shape index (κ3) is 3.95. The average Bonchev–Trinajstić information content (AvgIpc) is 3.22. The molecule has 1 aromatic carbocycles. The number of carbonyl (C=O) groups excluding carboxylic acids is 1. The minimum atomic E-state index is -0.0547. The van der Waals surface area contributed by atoms with E-state index in [1.807, 2.05) is 19.1 Å². The second kappa shape index (κ2) is 8.08. The first-order valence-corrected chi connectivity index (χ1v) is 8.44. The molecule has 130 valence electrons. The molecule has 0 saturated heterocycles. The van der Waals surface area contributed by atoms with Gasteiger partial charge in [-0.1, -0.05) is 19.1 Å². The molecule has 0 saturated carbocycles. The van der Waals surface area contributed by atoms with Gasteiger partial charge in [0.1, 0.15) is 12.1 Å². The van der Waals surface area contributed by atoms with Gasteiger partial charge in [0.2, 0.25) is 0 Å². The van der Waals surface area contributed by atoms with Gasteiger partial charge in [-0.3, -0.25) is 9.36 Å². The largest absolute Gasteiger partial charge is 0.334 e. The fourth-order valence-electron chi connectivity index (χ4n) is 2.67. The van der Waals surface area contributed by atoms with E-state index in [0.717, 1.165) is 12.0 Å². The highest BCUT2D eigenvalue weighted by atomic mass is 16.2. The van der Waals surface area contributed by atoms with E-state index in [9.17, 15) is 4.79 Å². The number of nitrogens with zero attached hydrogens (tertiary/aromatic N) is 5. The Morgan fingerprint density at radius 1 is 1.23 bits per heavy atom. The van der Waals surface area contributed by atoms with Gasteiger partial charge in [-0.25, -0.2) is 9.97 Å². The van der Waals surface area contributed by atoms with Crippen molar-refractivity contribution >= 4 is 5.91 Å². The van der Waals surface area contributed by atoms with E-state index in [2.05, 4.69) is 16.0 Å². The van der Waals surface area contributed by atoms with Crippen LogP contribution in [0.1, 0.15) is 34.8 Å². The van der Waals surface area contributed by atoms with Crippen molar-refractivity contribution in [2.75, 3.05) is 6.54 Å². The van der Waals surface area contributed by atoms with E-state index in [4.69, 9.17) is 5.26 Å². The van der Waals surface area contributed by atoms with Gasteiger partial charge in [-0.05, 0) is 36.2 Å². The van der Waals surface area contributed by atoms with E-state index >= 15 is 0 Å². The number of carbonyl (C=O) groups is 1. The van der Waals surface area contributed by atoms with E-state index < -0.39 is 0 Å². The Kier molecular flexibility index (Phi) is 5.40. The maximum atomic E-state index is 12.9. The lowest BCUT2D eigenvalue weighted by Crippen LogP contribution is -2.31. The molecule has 1 amide bonds. The fourth-order valence-corrected chi connectivity index (χ4v) is 2.67. The number of rotatable bonds is 6. The summed E-state index contributed by atoms with van der Waals surface area (Å²) in [5, 5.41) is 8.90. The molecule has 0 N–H and O–H groups in total. The molecule has 0 radical (unpaired) electrons. The number of hydrogen-bond donors (Lipinski definition) is 0. The molecule has 3 aromatic rings. The van der Waals surface area contributed by atoms with Crippen LogP contribution in [0.3, 0.4) is 0 Å². The van der Waals surface area contributed by atoms with Crippen LogP contribution in [-0.2, 0) is 6.54 Å². The first kappa shape index (κ1) is 17.4.